The second kappa shape index (κ2) is 40.3. The van der Waals surface area contributed by atoms with Crippen LogP contribution in [0.25, 0.3) is 0 Å². The molecule has 0 aromatic carbocycles. The number of carbonyl (C=O) groups excluding carboxylic acids is 1. The van der Waals surface area contributed by atoms with Gasteiger partial charge in [-0.05, 0) is 38.5 Å². The third-order valence-electron chi connectivity index (χ3n) is 11.4. The molecular weight excluding hydrogens is 721 g/mol. The molecule has 0 spiro atoms. The zero-order valence-electron chi connectivity index (χ0n) is 37.1. The highest BCUT2D eigenvalue weighted by Gasteiger charge is 2.44. The Bertz CT molecular complexity index is 884. The van der Waals surface area contributed by atoms with E-state index in [1.165, 1.54) is 173 Å². The van der Waals surface area contributed by atoms with Gasteiger partial charge >= 0.3 is 5.97 Å². The zero-order valence-corrected chi connectivity index (χ0v) is 37.1. The molecular formula is C48H92O9. The molecule has 1 fully saturated rings. The van der Waals surface area contributed by atoms with Gasteiger partial charge in [0, 0.05) is 13.0 Å². The number of aliphatic hydroxyl groups excluding tert-OH is 4. The maximum Gasteiger partial charge on any atom is 0.306 e. The van der Waals surface area contributed by atoms with E-state index in [4.69, 9.17) is 18.9 Å². The lowest BCUT2D eigenvalue weighted by atomic mass is 9.99. The molecule has 1 aliphatic heterocycles. The number of carbonyl (C=O) groups is 1. The molecule has 9 nitrogen and oxygen atoms in total. The molecule has 1 aliphatic rings. The van der Waals surface area contributed by atoms with E-state index in [0.29, 0.717) is 13.0 Å². The molecule has 4 N–H and O–H groups in total. The average molecular weight is 813 g/mol. The summed E-state index contributed by atoms with van der Waals surface area (Å²) in [5.74, 6) is -0.310. The first-order valence-corrected chi connectivity index (χ1v) is 24.3. The van der Waals surface area contributed by atoms with Crippen LogP contribution in [0.2, 0.25) is 0 Å². The summed E-state index contributed by atoms with van der Waals surface area (Å²) in [6, 6.07) is 0. The van der Waals surface area contributed by atoms with Crippen LogP contribution in [0.1, 0.15) is 226 Å². The second-order valence-electron chi connectivity index (χ2n) is 16.9. The molecule has 1 rings (SSSR count). The van der Waals surface area contributed by atoms with Gasteiger partial charge in [-0.25, -0.2) is 0 Å². The first kappa shape index (κ1) is 53.9. The minimum Gasteiger partial charge on any atom is -0.457 e. The van der Waals surface area contributed by atoms with Gasteiger partial charge in [-0.3, -0.25) is 4.79 Å². The molecule has 1 heterocycles. The van der Waals surface area contributed by atoms with Crippen LogP contribution >= 0.6 is 0 Å². The zero-order chi connectivity index (χ0) is 41.4. The third kappa shape index (κ3) is 31.5. The highest BCUT2D eigenvalue weighted by molar-refractivity contribution is 5.69. The van der Waals surface area contributed by atoms with Gasteiger partial charge in [0.2, 0.25) is 0 Å². The van der Waals surface area contributed by atoms with Crippen molar-refractivity contribution in [3.63, 3.8) is 0 Å². The van der Waals surface area contributed by atoms with Gasteiger partial charge in [0.15, 0.2) is 6.29 Å². The fourth-order valence-corrected chi connectivity index (χ4v) is 7.61. The highest BCUT2D eigenvalue weighted by atomic mass is 16.7. The number of hydrogen-bond donors (Lipinski definition) is 4. The van der Waals surface area contributed by atoms with E-state index in [9.17, 15) is 25.2 Å². The molecule has 338 valence electrons. The first-order valence-electron chi connectivity index (χ1n) is 24.3. The van der Waals surface area contributed by atoms with Gasteiger partial charge in [-0.2, -0.15) is 0 Å². The Labute approximate surface area is 350 Å². The Morgan fingerprint density at radius 3 is 1.42 bits per heavy atom. The molecule has 0 aromatic rings. The van der Waals surface area contributed by atoms with E-state index in [1.54, 1.807) is 0 Å². The van der Waals surface area contributed by atoms with Gasteiger partial charge in [-0.15, -0.1) is 0 Å². The smallest absolute Gasteiger partial charge is 0.306 e. The maximum absolute atomic E-state index is 12.8. The van der Waals surface area contributed by atoms with Crippen molar-refractivity contribution in [1.29, 1.82) is 0 Å². The number of unbranched alkanes of at least 4 members (excludes halogenated alkanes) is 29. The van der Waals surface area contributed by atoms with Crippen LogP contribution in [0, 0.1) is 0 Å². The summed E-state index contributed by atoms with van der Waals surface area (Å²) >= 11 is 0. The Morgan fingerprint density at radius 1 is 0.544 bits per heavy atom. The molecule has 0 aromatic heterocycles. The number of aliphatic hydroxyl groups is 4. The monoisotopic (exact) mass is 813 g/mol. The Morgan fingerprint density at radius 2 is 0.965 bits per heavy atom. The van der Waals surface area contributed by atoms with Crippen molar-refractivity contribution in [3.8, 4) is 0 Å². The van der Waals surface area contributed by atoms with E-state index in [-0.39, 0.29) is 19.2 Å². The summed E-state index contributed by atoms with van der Waals surface area (Å²) in [6.45, 7) is 4.59. The summed E-state index contributed by atoms with van der Waals surface area (Å²) in [5, 5.41) is 40.1. The summed E-state index contributed by atoms with van der Waals surface area (Å²) in [7, 11) is 0. The van der Waals surface area contributed by atoms with E-state index < -0.39 is 43.4 Å². The Kier molecular flexibility index (Phi) is 38.2. The lowest BCUT2D eigenvalue weighted by molar-refractivity contribution is -0.305. The van der Waals surface area contributed by atoms with E-state index in [2.05, 4.69) is 26.0 Å². The van der Waals surface area contributed by atoms with Crippen molar-refractivity contribution in [2.45, 2.75) is 263 Å². The minimum atomic E-state index is -1.53. The molecule has 9 heteroatoms. The van der Waals surface area contributed by atoms with Crippen molar-refractivity contribution >= 4 is 5.97 Å². The average Bonchev–Trinajstić information content (AvgIpc) is 3.21. The molecule has 57 heavy (non-hydrogen) atoms. The van der Waals surface area contributed by atoms with Crippen molar-refractivity contribution in [1.82, 2.24) is 0 Å². The van der Waals surface area contributed by atoms with Gasteiger partial charge < -0.3 is 39.4 Å². The van der Waals surface area contributed by atoms with Gasteiger partial charge in [0.1, 0.15) is 30.5 Å². The summed E-state index contributed by atoms with van der Waals surface area (Å²) in [6.07, 6.45) is 38.2. The van der Waals surface area contributed by atoms with Crippen LogP contribution in [0.4, 0.5) is 0 Å². The number of ether oxygens (including phenoxy) is 4. The largest absolute Gasteiger partial charge is 0.457 e. The lowest BCUT2D eigenvalue weighted by Crippen LogP contribution is -2.59. The molecule has 1 saturated heterocycles. The van der Waals surface area contributed by atoms with Crippen LogP contribution in [0.15, 0.2) is 12.2 Å². The van der Waals surface area contributed by atoms with Crippen LogP contribution in [0.5, 0.6) is 0 Å². The topological polar surface area (TPSA) is 135 Å². The molecule has 0 bridgehead atoms. The fourth-order valence-electron chi connectivity index (χ4n) is 7.61. The SMILES string of the molecule is CCCCCCCCCC/C=C\CCCCCCCCCCCCCC(=O)OC(COCCCCCCCCCCCCC)COC1OC(CO)C(O)C(O)C1O. The molecule has 6 atom stereocenters. The van der Waals surface area contributed by atoms with Crippen LogP contribution in [-0.2, 0) is 23.7 Å². The fraction of sp³-hybridized carbons (Fsp3) is 0.938. The number of esters is 1. The number of hydrogen-bond acceptors (Lipinski definition) is 9. The summed E-state index contributed by atoms with van der Waals surface area (Å²) < 4.78 is 22.8. The highest BCUT2D eigenvalue weighted by Crippen LogP contribution is 2.23. The Balaban J connectivity index is 2.17. The molecule has 6 unspecified atom stereocenters. The third-order valence-corrected chi connectivity index (χ3v) is 11.4. The summed E-state index contributed by atoms with van der Waals surface area (Å²) in [5.41, 5.74) is 0. The van der Waals surface area contributed by atoms with E-state index in [1.807, 2.05) is 0 Å². The molecule has 0 radical (unpaired) electrons. The van der Waals surface area contributed by atoms with Crippen molar-refractivity contribution < 1.29 is 44.2 Å². The summed E-state index contributed by atoms with van der Waals surface area (Å²) in [4.78, 5) is 12.8. The molecule has 0 amide bonds. The Hall–Kier alpha value is -1.07. The van der Waals surface area contributed by atoms with Crippen LogP contribution < -0.4 is 0 Å². The van der Waals surface area contributed by atoms with Crippen LogP contribution in [0.3, 0.4) is 0 Å². The van der Waals surface area contributed by atoms with Gasteiger partial charge in [0.25, 0.3) is 0 Å². The second-order valence-corrected chi connectivity index (χ2v) is 16.9. The predicted molar refractivity (Wildman–Crippen MR) is 233 cm³/mol. The lowest BCUT2D eigenvalue weighted by Gasteiger charge is -2.39. The van der Waals surface area contributed by atoms with Gasteiger partial charge in [0.05, 0.1) is 19.8 Å². The first-order chi connectivity index (χ1) is 27.9. The number of allylic oxidation sites excluding steroid dienone is 2. The molecule has 0 aliphatic carbocycles. The van der Waals surface area contributed by atoms with Crippen molar-refractivity contribution in [3.05, 3.63) is 12.2 Å². The number of rotatable bonds is 42. The minimum absolute atomic E-state index is 0.108. The van der Waals surface area contributed by atoms with E-state index in [0.717, 1.165) is 32.1 Å². The normalized spacial score (nSPS) is 20.4. The predicted octanol–water partition coefficient (Wildman–Crippen LogP) is 11.2. The standard InChI is InChI=1S/C48H92O9/c1-3-5-7-9-11-13-15-16-17-18-19-20-21-22-23-24-25-26-27-29-31-33-35-37-44(50)56-42(41-55-48-47(53)46(52)45(51)43(39-49)57-48)40-54-38-36-34-32-30-28-14-12-10-8-6-4-2/h18-19,42-43,45-49,51-53H,3-17,20-41H2,1-2H3/b19-18-. The van der Waals surface area contributed by atoms with Crippen molar-refractivity contribution in [2.75, 3.05) is 26.4 Å². The van der Waals surface area contributed by atoms with Crippen molar-refractivity contribution in [2.24, 2.45) is 0 Å². The van der Waals surface area contributed by atoms with Crippen LogP contribution in [-0.4, -0.2) is 89.6 Å². The van der Waals surface area contributed by atoms with Gasteiger partial charge in [-0.1, -0.05) is 193 Å². The maximum atomic E-state index is 12.8. The quantitative estimate of drug-likeness (QED) is 0.0270. The van der Waals surface area contributed by atoms with E-state index >= 15 is 0 Å². The molecule has 0 saturated carbocycles.